The summed E-state index contributed by atoms with van der Waals surface area (Å²) >= 11 is 0. The van der Waals surface area contributed by atoms with Gasteiger partial charge in [0, 0.05) is 50.2 Å². The fourth-order valence-corrected chi connectivity index (χ4v) is 4.37. The largest absolute Gasteiger partial charge is 0.354 e. The molecular weight excluding hydrogens is 326 g/mol. The van der Waals surface area contributed by atoms with Crippen molar-refractivity contribution in [1.29, 1.82) is 0 Å². The predicted molar refractivity (Wildman–Crippen MR) is 101 cm³/mol. The molecule has 7 nitrogen and oxygen atoms in total. The lowest BCUT2D eigenvalue weighted by atomic mass is 10.1. The highest BCUT2D eigenvalue weighted by atomic mass is 15.3. The molecule has 2 saturated heterocycles. The fraction of sp³-hybridized carbons (Fsp3) is 0.474. The third-order valence-corrected chi connectivity index (χ3v) is 5.94. The summed E-state index contributed by atoms with van der Waals surface area (Å²) in [7, 11) is 4.21. The molecule has 2 bridgehead atoms. The van der Waals surface area contributed by atoms with E-state index >= 15 is 0 Å². The lowest BCUT2D eigenvalue weighted by Gasteiger charge is -2.27. The first-order chi connectivity index (χ1) is 12.7. The molecule has 0 aliphatic carbocycles. The van der Waals surface area contributed by atoms with E-state index in [1.54, 1.807) is 6.20 Å². The molecule has 0 N–H and O–H groups in total. The number of fused-ring (bicyclic) bond motifs is 3. The van der Waals surface area contributed by atoms with Crippen molar-refractivity contribution in [3.8, 4) is 11.4 Å². The topological polar surface area (TPSA) is 63.0 Å². The van der Waals surface area contributed by atoms with E-state index in [1.807, 2.05) is 36.3 Å². The molecule has 3 aromatic rings. The van der Waals surface area contributed by atoms with Crippen LogP contribution in [0.15, 0.2) is 30.7 Å². The SMILES string of the molecule is CN1[C@H]2CC[C@@H]1CN(c1nc(-c3cccnc3)nc3c1cnn3C)CC2. The van der Waals surface area contributed by atoms with Gasteiger partial charge in [0.15, 0.2) is 11.5 Å². The number of likely N-dealkylation sites (N-methyl/N-ethyl adjacent to an activating group) is 1. The zero-order valence-electron chi connectivity index (χ0n) is 15.2. The molecule has 2 aliphatic rings. The summed E-state index contributed by atoms with van der Waals surface area (Å²) in [6.45, 7) is 2.04. The molecule has 0 amide bonds. The van der Waals surface area contributed by atoms with Crippen LogP contribution in [0.25, 0.3) is 22.4 Å². The zero-order chi connectivity index (χ0) is 17.7. The maximum Gasteiger partial charge on any atom is 0.165 e. The Bertz CT molecular complexity index is 936. The summed E-state index contributed by atoms with van der Waals surface area (Å²) in [4.78, 5) is 18.9. The van der Waals surface area contributed by atoms with E-state index in [0.29, 0.717) is 17.9 Å². The second-order valence-electron chi connectivity index (χ2n) is 7.40. The lowest BCUT2D eigenvalue weighted by molar-refractivity contribution is 0.254. The number of pyridine rings is 1. The van der Waals surface area contributed by atoms with Crippen molar-refractivity contribution in [2.24, 2.45) is 7.05 Å². The molecule has 0 radical (unpaired) electrons. The molecular formula is C19H23N7. The van der Waals surface area contributed by atoms with Crippen LogP contribution in [0, 0.1) is 0 Å². The molecule has 5 rings (SSSR count). The zero-order valence-corrected chi connectivity index (χ0v) is 15.2. The van der Waals surface area contributed by atoms with Crippen LogP contribution in [0.5, 0.6) is 0 Å². The summed E-state index contributed by atoms with van der Waals surface area (Å²) in [5.74, 6) is 1.72. The van der Waals surface area contributed by atoms with Gasteiger partial charge in [0.1, 0.15) is 5.82 Å². The van der Waals surface area contributed by atoms with E-state index in [1.165, 1.54) is 19.3 Å². The third kappa shape index (κ3) is 2.46. The second-order valence-corrected chi connectivity index (χ2v) is 7.40. The Kier molecular flexibility index (Phi) is 3.63. The van der Waals surface area contributed by atoms with Crippen LogP contribution < -0.4 is 4.90 Å². The molecule has 26 heavy (non-hydrogen) atoms. The lowest BCUT2D eigenvalue weighted by Crippen LogP contribution is -2.37. The van der Waals surface area contributed by atoms with Gasteiger partial charge in [-0.15, -0.1) is 0 Å². The highest BCUT2D eigenvalue weighted by Crippen LogP contribution is 2.33. The maximum absolute atomic E-state index is 4.96. The van der Waals surface area contributed by atoms with Crippen molar-refractivity contribution in [3.05, 3.63) is 30.7 Å². The van der Waals surface area contributed by atoms with Gasteiger partial charge in [0.25, 0.3) is 0 Å². The number of nitrogens with zero attached hydrogens (tertiary/aromatic N) is 7. The number of hydrogen-bond donors (Lipinski definition) is 0. The minimum atomic E-state index is 0.603. The highest BCUT2D eigenvalue weighted by molar-refractivity contribution is 5.88. The van der Waals surface area contributed by atoms with Gasteiger partial charge in [-0.3, -0.25) is 14.6 Å². The molecule has 0 aromatic carbocycles. The second kappa shape index (κ2) is 6.02. The normalized spacial score (nSPS) is 23.5. The van der Waals surface area contributed by atoms with Gasteiger partial charge in [0.2, 0.25) is 0 Å². The molecule has 134 valence electrons. The number of aromatic nitrogens is 5. The first-order valence-electron chi connectivity index (χ1n) is 9.28. The molecule has 0 spiro atoms. The van der Waals surface area contributed by atoms with Gasteiger partial charge in [-0.1, -0.05) is 0 Å². The van der Waals surface area contributed by atoms with Crippen molar-refractivity contribution < 1.29 is 0 Å². The molecule has 0 saturated carbocycles. The molecule has 2 atom stereocenters. The van der Waals surface area contributed by atoms with E-state index in [2.05, 4.69) is 26.9 Å². The van der Waals surface area contributed by atoms with Crippen LogP contribution in [0.2, 0.25) is 0 Å². The molecule has 3 aromatic heterocycles. The van der Waals surface area contributed by atoms with Gasteiger partial charge >= 0.3 is 0 Å². The van der Waals surface area contributed by atoms with E-state index in [-0.39, 0.29) is 0 Å². The Morgan fingerprint density at radius 2 is 1.92 bits per heavy atom. The van der Waals surface area contributed by atoms with Crippen LogP contribution in [-0.4, -0.2) is 61.9 Å². The van der Waals surface area contributed by atoms with Gasteiger partial charge in [0.05, 0.1) is 11.6 Å². The van der Waals surface area contributed by atoms with Crippen LogP contribution in [0.1, 0.15) is 19.3 Å². The van der Waals surface area contributed by atoms with Gasteiger partial charge in [-0.05, 0) is 38.4 Å². The van der Waals surface area contributed by atoms with Crippen LogP contribution in [0.4, 0.5) is 5.82 Å². The van der Waals surface area contributed by atoms with E-state index < -0.39 is 0 Å². The maximum atomic E-state index is 4.96. The number of anilines is 1. The van der Waals surface area contributed by atoms with Crippen molar-refractivity contribution in [1.82, 2.24) is 29.6 Å². The van der Waals surface area contributed by atoms with Crippen molar-refractivity contribution in [2.75, 3.05) is 25.0 Å². The number of hydrogen-bond acceptors (Lipinski definition) is 6. The molecule has 5 heterocycles. The van der Waals surface area contributed by atoms with E-state index in [0.717, 1.165) is 35.5 Å². The quantitative estimate of drug-likeness (QED) is 0.706. The monoisotopic (exact) mass is 349 g/mol. The Hall–Kier alpha value is -2.54. The standard InChI is InChI=1S/C19H23N7/c1-24-14-5-6-15(24)12-26(9-7-14)19-16-11-21-25(2)18(16)22-17(23-19)13-4-3-8-20-10-13/h3-4,8,10-11,14-15H,5-7,9,12H2,1-2H3/t14-,15+/m0/s1. The average Bonchev–Trinajstić information content (AvgIpc) is 3.15. The molecule has 2 aliphatic heterocycles. The summed E-state index contributed by atoms with van der Waals surface area (Å²) in [6.07, 6.45) is 9.26. The van der Waals surface area contributed by atoms with Crippen molar-refractivity contribution >= 4 is 16.9 Å². The van der Waals surface area contributed by atoms with E-state index in [4.69, 9.17) is 9.97 Å². The van der Waals surface area contributed by atoms with Crippen LogP contribution in [0.3, 0.4) is 0 Å². The molecule has 7 heteroatoms. The fourth-order valence-electron chi connectivity index (χ4n) is 4.37. The van der Waals surface area contributed by atoms with Crippen molar-refractivity contribution in [3.63, 3.8) is 0 Å². The summed E-state index contributed by atoms with van der Waals surface area (Å²) in [5.41, 5.74) is 1.81. The molecule has 2 fully saturated rings. The third-order valence-electron chi connectivity index (χ3n) is 5.94. The number of rotatable bonds is 2. The number of aryl methyl sites for hydroxylation is 1. The Morgan fingerprint density at radius 3 is 2.77 bits per heavy atom. The Balaban J connectivity index is 1.62. The highest BCUT2D eigenvalue weighted by Gasteiger charge is 2.35. The first-order valence-corrected chi connectivity index (χ1v) is 9.28. The van der Waals surface area contributed by atoms with Gasteiger partial charge in [-0.2, -0.15) is 5.10 Å². The summed E-state index contributed by atoms with van der Waals surface area (Å²) in [6, 6.07) is 5.23. The Morgan fingerprint density at radius 1 is 1.04 bits per heavy atom. The first kappa shape index (κ1) is 15.7. The molecule has 0 unspecified atom stereocenters. The predicted octanol–water partition coefficient (Wildman–Crippen LogP) is 2.10. The summed E-state index contributed by atoms with van der Waals surface area (Å²) in [5, 5.41) is 5.46. The van der Waals surface area contributed by atoms with E-state index in [9.17, 15) is 0 Å². The summed E-state index contributed by atoms with van der Waals surface area (Å²) < 4.78 is 1.83. The van der Waals surface area contributed by atoms with Crippen molar-refractivity contribution in [2.45, 2.75) is 31.3 Å². The Labute approximate surface area is 152 Å². The average molecular weight is 349 g/mol. The minimum Gasteiger partial charge on any atom is -0.354 e. The van der Waals surface area contributed by atoms with Crippen LogP contribution >= 0.6 is 0 Å². The van der Waals surface area contributed by atoms with Gasteiger partial charge in [-0.25, -0.2) is 9.97 Å². The van der Waals surface area contributed by atoms with Gasteiger partial charge < -0.3 is 4.90 Å². The smallest absolute Gasteiger partial charge is 0.165 e. The minimum absolute atomic E-state index is 0.603. The van der Waals surface area contributed by atoms with Crippen LogP contribution in [-0.2, 0) is 7.05 Å².